The Bertz CT molecular complexity index is 1200. The van der Waals surface area contributed by atoms with Crippen molar-refractivity contribution in [3.8, 4) is 5.75 Å². The first-order chi connectivity index (χ1) is 16.5. The largest absolute Gasteiger partial charge is 0.522 e. The summed E-state index contributed by atoms with van der Waals surface area (Å²) in [6, 6.07) is 4.75. The number of alkyl halides is 3. The molecular formula is C23H22ClF3N4O4. The number of nitrogens with one attached hydrogen (secondary N) is 1. The summed E-state index contributed by atoms with van der Waals surface area (Å²) in [6.07, 6.45) is -0.560. The van der Waals surface area contributed by atoms with Crippen molar-refractivity contribution in [2.75, 3.05) is 18.0 Å². The van der Waals surface area contributed by atoms with Crippen LogP contribution >= 0.6 is 11.6 Å². The van der Waals surface area contributed by atoms with Crippen LogP contribution in [-0.4, -0.2) is 58.7 Å². The maximum absolute atomic E-state index is 12.9. The van der Waals surface area contributed by atoms with Gasteiger partial charge >= 0.3 is 6.36 Å². The molecule has 1 amide bonds. The van der Waals surface area contributed by atoms with E-state index in [-0.39, 0.29) is 35.7 Å². The van der Waals surface area contributed by atoms with Gasteiger partial charge in [0.25, 0.3) is 5.91 Å². The summed E-state index contributed by atoms with van der Waals surface area (Å²) in [5, 5.41) is 7.95. The van der Waals surface area contributed by atoms with Crippen molar-refractivity contribution < 1.29 is 32.2 Å². The molecule has 1 saturated heterocycles. The van der Waals surface area contributed by atoms with Crippen molar-refractivity contribution in [1.29, 1.82) is 0 Å². The minimum absolute atomic E-state index is 0.0439. The number of aromatic nitrogens is 2. The molecule has 7 rings (SSSR count). The molecule has 2 atom stereocenters. The Kier molecular flexibility index (Phi) is 4.92. The second kappa shape index (κ2) is 7.60. The number of hydrogen-bond acceptors (Lipinski definition) is 6. The minimum atomic E-state index is -4.64. The van der Waals surface area contributed by atoms with E-state index < -0.39 is 18.6 Å². The predicted octanol–water partition coefficient (Wildman–Crippen LogP) is 3.43. The standard InChI is InChI=1S/C23H22ClF3N4O4/c24-13-1-2-18-16(5-13)17(32)6-19(34-18)20(33)29-21-10-22(11-21,12-21)31-8-14(7-28-31)30-4-3-15(9-30)35-23(25,26)27/h1-2,5,7-8,15,19H,3-4,6,9-12H2,(H,29,33)/t15-,19+,21?,22?/m0/s1. The molecule has 186 valence electrons. The third kappa shape index (κ3) is 3.94. The SMILES string of the molecule is O=C1C[C@H](C(=O)NC23CC(n4cc(N5CC[C@H](OC(F)(F)F)C5)cn4)(C2)C3)Oc2ccc(Cl)cc21. The highest BCUT2D eigenvalue weighted by atomic mass is 35.5. The van der Waals surface area contributed by atoms with Crippen LogP contribution in [-0.2, 0) is 15.1 Å². The van der Waals surface area contributed by atoms with Crippen LogP contribution in [0.25, 0.3) is 0 Å². The maximum atomic E-state index is 12.9. The average Bonchev–Trinajstić information content (AvgIpc) is 3.38. The van der Waals surface area contributed by atoms with Crippen LogP contribution < -0.4 is 15.0 Å². The Morgan fingerprint density at radius 2 is 2.06 bits per heavy atom. The lowest BCUT2D eigenvalue weighted by Gasteiger charge is -2.70. The second-order valence-corrected chi connectivity index (χ2v) is 10.4. The molecule has 1 N–H and O–H groups in total. The molecule has 2 bridgehead atoms. The Labute approximate surface area is 203 Å². The summed E-state index contributed by atoms with van der Waals surface area (Å²) in [5.74, 6) is -0.147. The van der Waals surface area contributed by atoms with Gasteiger partial charge in [0.05, 0.1) is 35.5 Å². The molecule has 2 aliphatic heterocycles. The van der Waals surface area contributed by atoms with Gasteiger partial charge in [-0.05, 0) is 43.9 Å². The third-order valence-corrected chi connectivity index (χ3v) is 7.67. The van der Waals surface area contributed by atoms with Crippen molar-refractivity contribution in [2.45, 2.75) is 61.8 Å². The van der Waals surface area contributed by atoms with Crippen molar-refractivity contribution in [2.24, 2.45) is 0 Å². The van der Waals surface area contributed by atoms with Gasteiger partial charge in [-0.3, -0.25) is 19.0 Å². The molecule has 3 aliphatic carbocycles. The molecule has 1 aromatic carbocycles. The first-order valence-electron chi connectivity index (χ1n) is 11.4. The number of benzene rings is 1. The zero-order valence-corrected chi connectivity index (χ0v) is 19.2. The summed E-state index contributed by atoms with van der Waals surface area (Å²) < 4.78 is 49.2. The zero-order valence-electron chi connectivity index (χ0n) is 18.5. The number of carbonyl (C=O) groups is 2. The molecule has 0 spiro atoms. The number of amides is 1. The number of Topliss-reactive ketones (excluding diaryl/α,β-unsaturated/α-hetero) is 1. The highest BCUT2D eigenvalue weighted by Crippen LogP contribution is 2.65. The van der Waals surface area contributed by atoms with Gasteiger partial charge in [0.2, 0.25) is 0 Å². The minimum Gasteiger partial charge on any atom is -0.479 e. The lowest BCUT2D eigenvalue weighted by atomic mass is 9.44. The normalized spacial score (nSPS) is 31.3. The predicted molar refractivity (Wildman–Crippen MR) is 117 cm³/mol. The first-order valence-corrected chi connectivity index (χ1v) is 11.8. The Hall–Kier alpha value is -2.79. The van der Waals surface area contributed by atoms with E-state index in [1.165, 1.54) is 0 Å². The molecule has 0 unspecified atom stereocenters. The lowest BCUT2D eigenvalue weighted by Crippen LogP contribution is -2.79. The van der Waals surface area contributed by atoms with Crippen LogP contribution in [0.3, 0.4) is 0 Å². The van der Waals surface area contributed by atoms with Crippen molar-refractivity contribution in [3.63, 3.8) is 0 Å². The number of fused-ring (bicyclic) bond motifs is 1. The number of rotatable bonds is 5. The number of hydrogen-bond donors (Lipinski definition) is 1. The summed E-state index contributed by atoms with van der Waals surface area (Å²) >= 11 is 5.95. The third-order valence-electron chi connectivity index (χ3n) is 7.43. The van der Waals surface area contributed by atoms with Gasteiger partial charge in [0, 0.05) is 29.8 Å². The van der Waals surface area contributed by atoms with Crippen LogP contribution in [0.5, 0.6) is 5.75 Å². The fraction of sp³-hybridized carbons (Fsp3) is 0.522. The van der Waals surface area contributed by atoms with Crippen LogP contribution in [0, 0.1) is 0 Å². The van der Waals surface area contributed by atoms with Gasteiger partial charge in [0.15, 0.2) is 11.9 Å². The van der Waals surface area contributed by atoms with E-state index >= 15 is 0 Å². The summed E-state index contributed by atoms with van der Waals surface area (Å²) in [5.41, 5.74) is 0.582. The number of carbonyl (C=O) groups excluding carboxylic acids is 2. The fourth-order valence-electron chi connectivity index (χ4n) is 5.88. The monoisotopic (exact) mass is 510 g/mol. The van der Waals surface area contributed by atoms with Crippen LogP contribution in [0.4, 0.5) is 18.9 Å². The van der Waals surface area contributed by atoms with Crippen LogP contribution in [0.2, 0.25) is 5.02 Å². The topological polar surface area (TPSA) is 85.7 Å². The van der Waals surface area contributed by atoms with Crippen molar-refractivity contribution in [1.82, 2.24) is 15.1 Å². The van der Waals surface area contributed by atoms with E-state index in [2.05, 4.69) is 15.2 Å². The lowest BCUT2D eigenvalue weighted by molar-refractivity contribution is -0.339. The Morgan fingerprint density at radius 3 is 2.80 bits per heavy atom. The van der Waals surface area contributed by atoms with Crippen LogP contribution in [0.15, 0.2) is 30.6 Å². The molecule has 3 heterocycles. The van der Waals surface area contributed by atoms with Gasteiger partial charge in [0.1, 0.15) is 5.75 Å². The molecular weight excluding hydrogens is 489 g/mol. The molecule has 12 heteroatoms. The second-order valence-electron chi connectivity index (χ2n) is 9.96. The first kappa shape index (κ1) is 22.7. The van der Waals surface area contributed by atoms with Gasteiger partial charge in [-0.25, -0.2) is 0 Å². The van der Waals surface area contributed by atoms with Gasteiger partial charge in [-0.15, -0.1) is 13.2 Å². The van der Waals surface area contributed by atoms with Gasteiger partial charge < -0.3 is 15.0 Å². The Morgan fingerprint density at radius 1 is 1.29 bits per heavy atom. The molecule has 5 aliphatic rings. The molecule has 2 aromatic rings. The highest BCUT2D eigenvalue weighted by molar-refractivity contribution is 6.31. The molecule has 3 saturated carbocycles. The van der Waals surface area contributed by atoms with E-state index in [1.54, 1.807) is 24.4 Å². The smallest absolute Gasteiger partial charge is 0.479 e. The van der Waals surface area contributed by atoms with Crippen molar-refractivity contribution >= 4 is 29.0 Å². The van der Waals surface area contributed by atoms with Gasteiger partial charge in [-0.2, -0.15) is 5.10 Å². The van der Waals surface area contributed by atoms with E-state index in [0.717, 1.165) is 5.69 Å². The van der Waals surface area contributed by atoms with E-state index in [0.29, 0.717) is 48.6 Å². The number of anilines is 1. The van der Waals surface area contributed by atoms with E-state index in [9.17, 15) is 22.8 Å². The summed E-state index contributed by atoms with van der Waals surface area (Å²) in [6.45, 7) is 0.627. The quantitative estimate of drug-likeness (QED) is 0.663. The molecule has 8 nitrogen and oxygen atoms in total. The summed E-state index contributed by atoms with van der Waals surface area (Å²) in [4.78, 5) is 27.2. The number of ether oxygens (including phenoxy) is 2. The van der Waals surface area contributed by atoms with E-state index in [4.69, 9.17) is 16.3 Å². The van der Waals surface area contributed by atoms with Crippen molar-refractivity contribution in [3.05, 3.63) is 41.2 Å². The molecule has 1 aromatic heterocycles. The maximum Gasteiger partial charge on any atom is 0.522 e. The summed E-state index contributed by atoms with van der Waals surface area (Å²) in [7, 11) is 0. The average molecular weight is 511 g/mol. The number of ketones is 1. The fourth-order valence-corrected chi connectivity index (χ4v) is 6.05. The molecule has 4 fully saturated rings. The van der Waals surface area contributed by atoms with Gasteiger partial charge in [-0.1, -0.05) is 11.6 Å². The molecule has 0 radical (unpaired) electrons. The number of nitrogens with zero attached hydrogens (tertiary/aromatic N) is 3. The van der Waals surface area contributed by atoms with E-state index in [1.807, 2.05) is 15.8 Å². The zero-order chi connectivity index (χ0) is 24.6. The van der Waals surface area contributed by atoms with Crippen LogP contribution in [0.1, 0.15) is 42.5 Å². The molecule has 35 heavy (non-hydrogen) atoms. The highest BCUT2D eigenvalue weighted by Gasteiger charge is 2.70. The number of halogens is 4. The Balaban J connectivity index is 1.05.